The third-order valence-electron chi connectivity index (χ3n) is 3.06. The zero-order valence-corrected chi connectivity index (χ0v) is 10.3. The van der Waals surface area contributed by atoms with E-state index in [1.807, 2.05) is 36.5 Å². The Morgan fingerprint density at radius 3 is 2.58 bits per heavy atom. The van der Waals surface area contributed by atoms with Crippen LogP contribution in [0.2, 0.25) is 0 Å². The summed E-state index contributed by atoms with van der Waals surface area (Å²) < 4.78 is 4.78. The number of fused-ring (bicyclic) bond motifs is 2. The molecule has 19 heavy (non-hydrogen) atoms. The highest BCUT2D eigenvalue weighted by Crippen LogP contribution is 2.18. The van der Waals surface area contributed by atoms with E-state index in [0.717, 1.165) is 5.56 Å². The molecule has 2 aromatic carbocycles. The van der Waals surface area contributed by atoms with Crippen molar-refractivity contribution in [1.29, 1.82) is 0 Å². The number of carbonyl (C=O) groups is 1. The molecule has 0 fully saturated rings. The largest absolute Gasteiger partial charge is 0.457 e. The van der Waals surface area contributed by atoms with Crippen molar-refractivity contribution in [2.24, 2.45) is 0 Å². The van der Waals surface area contributed by atoms with Crippen LogP contribution in [0.4, 0.5) is 0 Å². The lowest BCUT2D eigenvalue weighted by molar-refractivity contribution is 0.0535. The maximum absolute atomic E-state index is 10.8. The average Bonchev–Trinajstić information content (AvgIpc) is 3.07. The maximum atomic E-state index is 10.8. The van der Waals surface area contributed by atoms with Gasteiger partial charge in [0.2, 0.25) is 0 Å². The standard InChI is InChI=1S/C8H7N.C8H6O2/c1-2-4-8-7(3-1)5-6-9-8;9-8-7-4-2-1-3-6(7)5-10-8/h1-6,9H;1-4H,5H2. The van der Waals surface area contributed by atoms with Gasteiger partial charge in [-0.05, 0) is 23.6 Å². The number of esters is 1. The van der Waals surface area contributed by atoms with E-state index in [4.69, 9.17) is 4.74 Å². The van der Waals surface area contributed by atoms with Crippen LogP contribution in [0.1, 0.15) is 15.9 Å². The molecule has 0 spiro atoms. The summed E-state index contributed by atoms with van der Waals surface area (Å²) in [4.78, 5) is 14.0. The SMILES string of the molecule is O=C1OCc2ccccc21.c1ccc2[nH]ccc2c1. The number of ether oxygens (including phenoxy) is 1. The van der Waals surface area contributed by atoms with Crippen molar-refractivity contribution < 1.29 is 9.53 Å². The fourth-order valence-corrected chi connectivity index (χ4v) is 2.06. The Balaban J connectivity index is 0.000000117. The van der Waals surface area contributed by atoms with Crippen LogP contribution in [0.3, 0.4) is 0 Å². The summed E-state index contributed by atoms with van der Waals surface area (Å²) in [5.74, 6) is -0.199. The van der Waals surface area contributed by atoms with Crippen LogP contribution in [0.5, 0.6) is 0 Å². The normalized spacial score (nSPS) is 12.5. The fraction of sp³-hybridized carbons (Fsp3) is 0.0625. The van der Waals surface area contributed by atoms with Gasteiger partial charge in [0.05, 0.1) is 5.56 Å². The molecular formula is C16H13NO2. The second-order valence-electron chi connectivity index (χ2n) is 4.30. The van der Waals surface area contributed by atoms with Crippen LogP contribution in [0.15, 0.2) is 60.8 Å². The van der Waals surface area contributed by atoms with Gasteiger partial charge in [-0.3, -0.25) is 0 Å². The summed E-state index contributed by atoms with van der Waals surface area (Å²) in [5, 5.41) is 1.28. The van der Waals surface area contributed by atoms with Gasteiger partial charge in [0.1, 0.15) is 6.61 Å². The minimum absolute atomic E-state index is 0.199. The summed E-state index contributed by atoms with van der Waals surface area (Å²) in [6.45, 7) is 0.439. The van der Waals surface area contributed by atoms with Crippen LogP contribution in [-0.4, -0.2) is 11.0 Å². The van der Waals surface area contributed by atoms with E-state index in [-0.39, 0.29) is 5.97 Å². The zero-order valence-electron chi connectivity index (χ0n) is 10.3. The molecule has 0 unspecified atom stereocenters. The Hall–Kier alpha value is -2.55. The first kappa shape index (κ1) is 11.5. The highest BCUT2D eigenvalue weighted by Gasteiger charge is 2.18. The van der Waals surface area contributed by atoms with Gasteiger partial charge in [0.25, 0.3) is 0 Å². The average molecular weight is 251 g/mol. The lowest BCUT2D eigenvalue weighted by Crippen LogP contribution is -1.91. The van der Waals surface area contributed by atoms with E-state index in [1.165, 1.54) is 10.9 Å². The quantitative estimate of drug-likeness (QED) is 0.621. The molecule has 3 aromatic rings. The predicted octanol–water partition coefficient (Wildman–Crippen LogP) is 3.52. The van der Waals surface area contributed by atoms with Crippen LogP contribution in [0, 0.1) is 0 Å². The second kappa shape index (κ2) is 4.98. The number of carbonyl (C=O) groups excluding carboxylic acids is 1. The van der Waals surface area contributed by atoms with E-state index in [2.05, 4.69) is 23.2 Å². The van der Waals surface area contributed by atoms with Crippen LogP contribution in [-0.2, 0) is 11.3 Å². The van der Waals surface area contributed by atoms with Gasteiger partial charge in [0.15, 0.2) is 0 Å². The van der Waals surface area contributed by atoms with Gasteiger partial charge < -0.3 is 9.72 Å². The molecule has 0 amide bonds. The number of hydrogen-bond acceptors (Lipinski definition) is 2. The first-order valence-electron chi connectivity index (χ1n) is 6.12. The molecule has 1 N–H and O–H groups in total. The molecule has 1 aromatic heterocycles. The summed E-state index contributed by atoms with van der Waals surface area (Å²) in [7, 11) is 0. The van der Waals surface area contributed by atoms with Crippen molar-refractivity contribution >= 4 is 16.9 Å². The number of aromatic nitrogens is 1. The van der Waals surface area contributed by atoms with Crippen molar-refractivity contribution in [2.75, 3.05) is 0 Å². The molecule has 0 aliphatic carbocycles. The van der Waals surface area contributed by atoms with Gasteiger partial charge in [-0.25, -0.2) is 4.79 Å². The Kier molecular flexibility index (Phi) is 3.02. The monoisotopic (exact) mass is 251 g/mol. The van der Waals surface area contributed by atoms with Crippen molar-refractivity contribution in [3.8, 4) is 0 Å². The molecule has 1 aliphatic rings. The maximum Gasteiger partial charge on any atom is 0.338 e. The minimum atomic E-state index is -0.199. The lowest BCUT2D eigenvalue weighted by atomic mass is 10.1. The topological polar surface area (TPSA) is 42.1 Å². The summed E-state index contributed by atoms with van der Waals surface area (Å²) in [5.41, 5.74) is 2.91. The van der Waals surface area contributed by atoms with E-state index in [1.54, 1.807) is 6.07 Å². The third kappa shape index (κ3) is 2.36. The number of H-pyrrole nitrogens is 1. The number of aromatic amines is 1. The smallest absolute Gasteiger partial charge is 0.338 e. The summed E-state index contributed by atoms with van der Waals surface area (Å²) >= 11 is 0. The molecule has 3 nitrogen and oxygen atoms in total. The van der Waals surface area contributed by atoms with Gasteiger partial charge in [-0.15, -0.1) is 0 Å². The van der Waals surface area contributed by atoms with E-state index in [9.17, 15) is 4.79 Å². The third-order valence-corrected chi connectivity index (χ3v) is 3.06. The first-order valence-corrected chi connectivity index (χ1v) is 6.12. The zero-order chi connectivity index (χ0) is 13.1. The van der Waals surface area contributed by atoms with Crippen molar-refractivity contribution in [1.82, 2.24) is 4.98 Å². The molecule has 0 atom stereocenters. The van der Waals surface area contributed by atoms with Crippen molar-refractivity contribution in [2.45, 2.75) is 6.61 Å². The number of benzene rings is 2. The molecule has 0 bridgehead atoms. The molecule has 3 heteroatoms. The number of cyclic esters (lactones) is 1. The van der Waals surface area contributed by atoms with Gasteiger partial charge in [0, 0.05) is 17.3 Å². The number of nitrogens with one attached hydrogen (secondary N) is 1. The summed E-state index contributed by atoms with van der Waals surface area (Å²) in [6.07, 6.45) is 1.95. The van der Waals surface area contributed by atoms with E-state index in [0.29, 0.717) is 12.2 Å². The Labute approximate surface area is 110 Å². The lowest BCUT2D eigenvalue weighted by Gasteiger charge is -1.87. The second-order valence-corrected chi connectivity index (χ2v) is 4.30. The van der Waals surface area contributed by atoms with Crippen molar-refractivity contribution in [3.63, 3.8) is 0 Å². The Morgan fingerprint density at radius 2 is 1.74 bits per heavy atom. The molecule has 4 rings (SSSR count). The van der Waals surface area contributed by atoms with Gasteiger partial charge in [-0.2, -0.15) is 0 Å². The van der Waals surface area contributed by atoms with Gasteiger partial charge in [-0.1, -0.05) is 36.4 Å². The van der Waals surface area contributed by atoms with Crippen molar-refractivity contribution in [3.05, 3.63) is 71.9 Å². The van der Waals surface area contributed by atoms with Crippen LogP contribution >= 0.6 is 0 Å². The van der Waals surface area contributed by atoms with Crippen LogP contribution < -0.4 is 0 Å². The molecule has 1 aliphatic heterocycles. The van der Waals surface area contributed by atoms with E-state index >= 15 is 0 Å². The molecule has 2 heterocycles. The Bertz CT molecular complexity index is 685. The Morgan fingerprint density at radius 1 is 0.947 bits per heavy atom. The van der Waals surface area contributed by atoms with Crippen LogP contribution in [0.25, 0.3) is 10.9 Å². The number of hydrogen-bond donors (Lipinski definition) is 1. The van der Waals surface area contributed by atoms with Gasteiger partial charge >= 0.3 is 5.97 Å². The molecule has 94 valence electrons. The van der Waals surface area contributed by atoms with E-state index < -0.39 is 0 Å². The predicted molar refractivity (Wildman–Crippen MR) is 73.9 cm³/mol. The summed E-state index contributed by atoms with van der Waals surface area (Å²) in [6, 6.07) is 17.7. The fourth-order valence-electron chi connectivity index (χ4n) is 2.06. The first-order chi connectivity index (χ1) is 9.34. The molecule has 0 radical (unpaired) electrons. The highest BCUT2D eigenvalue weighted by atomic mass is 16.5. The minimum Gasteiger partial charge on any atom is -0.457 e. The highest BCUT2D eigenvalue weighted by molar-refractivity contribution is 5.93. The molecular weight excluding hydrogens is 238 g/mol. The number of para-hydroxylation sites is 1. The number of rotatable bonds is 0. The molecule has 0 saturated heterocycles. The molecule has 0 saturated carbocycles.